The van der Waals surface area contributed by atoms with Crippen molar-refractivity contribution < 1.29 is 14.0 Å². The van der Waals surface area contributed by atoms with E-state index >= 15 is 0 Å². The first-order valence-corrected chi connectivity index (χ1v) is 14.2. The lowest BCUT2D eigenvalue weighted by Gasteiger charge is -2.38. The van der Waals surface area contributed by atoms with Gasteiger partial charge in [-0.15, -0.1) is 0 Å². The molecule has 0 spiro atoms. The summed E-state index contributed by atoms with van der Waals surface area (Å²) in [7, 11) is -0.831. The number of aryl methyl sites for hydroxylation is 6. The molecule has 0 atom stereocenters. The van der Waals surface area contributed by atoms with Crippen LogP contribution < -0.4 is 0 Å². The van der Waals surface area contributed by atoms with Crippen molar-refractivity contribution in [1.82, 2.24) is 0 Å². The van der Waals surface area contributed by atoms with Crippen molar-refractivity contribution in [1.29, 1.82) is 0 Å². The minimum atomic E-state index is -2.28. The SMILES string of the molecule is COC(=O)/C(=C(\O[Si](C)(C)C(C)(C)C)c1c(C)cc(C)cc1C)c1c(C)cc(C)cc1C. The number of benzene rings is 2. The standard InChI is InChI=1S/C28H40O3Si/c1-17-13-19(3)23(20(4)14-17)25(27(29)30-10)26(31-32(11,12)28(7,8)9)24-21(5)15-18(2)16-22(24)6/h13-16H,1-12H3/b26-25-. The highest BCUT2D eigenvalue weighted by molar-refractivity contribution is 6.75. The van der Waals surface area contributed by atoms with E-state index in [0.29, 0.717) is 11.3 Å². The van der Waals surface area contributed by atoms with Gasteiger partial charge < -0.3 is 9.16 Å². The normalized spacial score (nSPS) is 13.0. The lowest BCUT2D eigenvalue weighted by molar-refractivity contribution is -0.133. The maximum absolute atomic E-state index is 13.4. The number of hydrogen-bond donors (Lipinski definition) is 0. The summed E-state index contributed by atoms with van der Waals surface area (Å²) in [5, 5.41) is -0.0245. The largest absolute Gasteiger partial charge is 0.542 e. The maximum Gasteiger partial charge on any atom is 0.342 e. The summed E-state index contributed by atoms with van der Waals surface area (Å²) in [5.74, 6) is 0.279. The number of carbonyl (C=O) groups is 1. The summed E-state index contributed by atoms with van der Waals surface area (Å²) in [4.78, 5) is 13.4. The van der Waals surface area contributed by atoms with Crippen molar-refractivity contribution >= 4 is 25.6 Å². The second-order valence-corrected chi connectivity index (χ2v) is 15.3. The predicted molar refractivity (Wildman–Crippen MR) is 138 cm³/mol. The van der Waals surface area contributed by atoms with Crippen LogP contribution in [0.2, 0.25) is 18.1 Å². The quantitative estimate of drug-likeness (QED) is 0.154. The fourth-order valence-electron chi connectivity index (χ4n) is 4.16. The molecular weight excluding hydrogens is 412 g/mol. The zero-order valence-corrected chi connectivity index (χ0v) is 23.0. The van der Waals surface area contributed by atoms with E-state index in [0.717, 1.165) is 33.4 Å². The summed E-state index contributed by atoms with van der Waals surface area (Å²) in [5.41, 5.74) is 9.04. The third-order valence-corrected chi connectivity index (χ3v) is 10.9. The molecule has 0 aromatic heterocycles. The van der Waals surface area contributed by atoms with Crippen molar-refractivity contribution in [2.45, 2.75) is 80.4 Å². The molecule has 2 aromatic rings. The Morgan fingerprint density at radius 3 is 1.47 bits per heavy atom. The highest BCUT2D eigenvalue weighted by Crippen LogP contribution is 2.43. The lowest BCUT2D eigenvalue weighted by atomic mass is 9.89. The van der Waals surface area contributed by atoms with Gasteiger partial charge in [0, 0.05) is 5.56 Å². The number of esters is 1. The summed E-state index contributed by atoms with van der Waals surface area (Å²) >= 11 is 0. The molecular formula is C28H40O3Si. The second kappa shape index (κ2) is 9.26. The molecule has 2 rings (SSSR count). The number of ether oxygens (including phenoxy) is 1. The van der Waals surface area contributed by atoms with E-state index in [2.05, 4.69) is 99.7 Å². The van der Waals surface area contributed by atoms with Gasteiger partial charge in [-0.2, -0.15) is 0 Å². The Labute approximate surface area is 196 Å². The Morgan fingerprint density at radius 2 is 1.12 bits per heavy atom. The minimum absolute atomic E-state index is 0.0245. The molecule has 0 fully saturated rings. The first kappa shape index (κ1) is 25.9. The Bertz CT molecular complexity index is 1020. The minimum Gasteiger partial charge on any atom is -0.542 e. The number of carbonyl (C=O) groups excluding carboxylic acids is 1. The van der Waals surface area contributed by atoms with E-state index < -0.39 is 8.32 Å². The summed E-state index contributed by atoms with van der Waals surface area (Å²) < 4.78 is 12.3. The van der Waals surface area contributed by atoms with Gasteiger partial charge in [0.25, 0.3) is 8.32 Å². The van der Waals surface area contributed by atoms with Gasteiger partial charge in [0.05, 0.1) is 7.11 Å². The molecule has 0 N–H and O–H groups in total. The van der Waals surface area contributed by atoms with E-state index in [9.17, 15) is 4.79 Å². The number of methoxy groups -OCH3 is 1. The van der Waals surface area contributed by atoms with Crippen LogP contribution in [0.3, 0.4) is 0 Å². The average Bonchev–Trinajstić information content (AvgIpc) is 2.61. The summed E-state index contributed by atoms with van der Waals surface area (Å²) in [6.07, 6.45) is 0. The van der Waals surface area contributed by atoms with Gasteiger partial charge >= 0.3 is 5.97 Å². The average molecular weight is 453 g/mol. The maximum atomic E-state index is 13.4. The van der Waals surface area contributed by atoms with Gasteiger partial charge in [-0.25, -0.2) is 4.79 Å². The zero-order chi connectivity index (χ0) is 24.6. The molecule has 4 heteroatoms. The smallest absolute Gasteiger partial charge is 0.342 e. The van der Waals surface area contributed by atoms with Crippen LogP contribution >= 0.6 is 0 Å². The van der Waals surface area contributed by atoms with E-state index in [1.807, 2.05) is 0 Å². The van der Waals surface area contributed by atoms with Crippen LogP contribution in [0.25, 0.3) is 11.3 Å². The third-order valence-electron chi connectivity index (χ3n) is 6.61. The summed E-state index contributed by atoms with van der Waals surface area (Å²) in [6.45, 7) is 23.5. The van der Waals surface area contributed by atoms with E-state index in [1.54, 1.807) is 0 Å². The van der Waals surface area contributed by atoms with Crippen LogP contribution in [0.15, 0.2) is 24.3 Å². The van der Waals surface area contributed by atoms with Crippen molar-refractivity contribution in [3.05, 3.63) is 68.8 Å². The first-order valence-electron chi connectivity index (χ1n) is 11.3. The molecule has 32 heavy (non-hydrogen) atoms. The fourth-order valence-corrected chi connectivity index (χ4v) is 5.18. The highest BCUT2D eigenvalue weighted by Gasteiger charge is 2.41. The molecule has 0 amide bonds. The Balaban J connectivity index is 3.08. The van der Waals surface area contributed by atoms with Gasteiger partial charge in [-0.05, 0) is 87.5 Å². The third kappa shape index (κ3) is 5.17. The van der Waals surface area contributed by atoms with Crippen LogP contribution in [0.5, 0.6) is 0 Å². The molecule has 3 nitrogen and oxygen atoms in total. The molecule has 0 heterocycles. The molecule has 0 saturated heterocycles. The van der Waals surface area contributed by atoms with E-state index in [-0.39, 0.29) is 11.0 Å². The topological polar surface area (TPSA) is 35.5 Å². The Kier molecular flexibility index (Phi) is 7.51. The number of rotatable bonds is 5. The fraction of sp³-hybridized carbons (Fsp3) is 0.464. The van der Waals surface area contributed by atoms with E-state index in [4.69, 9.17) is 9.16 Å². The van der Waals surface area contributed by atoms with Crippen LogP contribution in [0, 0.1) is 41.5 Å². The summed E-state index contributed by atoms with van der Waals surface area (Å²) in [6, 6.07) is 8.54. The van der Waals surface area contributed by atoms with Gasteiger partial charge in [-0.1, -0.05) is 56.2 Å². The van der Waals surface area contributed by atoms with Crippen molar-refractivity contribution in [2.75, 3.05) is 7.11 Å². The lowest BCUT2D eigenvalue weighted by Crippen LogP contribution is -2.40. The number of hydrogen-bond acceptors (Lipinski definition) is 3. The highest BCUT2D eigenvalue weighted by atomic mass is 28.4. The van der Waals surface area contributed by atoms with Crippen LogP contribution in [-0.4, -0.2) is 21.4 Å². The molecule has 2 aromatic carbocycles. The Morgan fingerprint density at radius 1 is 0.750 bits per heavy atom. The second-order valence-electron chi connectivity index (χ2n) is 10.6. The first-order chi connectivity index (χ1) is 14.6. The van der Waals surface area contributed by atoms with Crippen molar-refractivity contribution in [2.24, 2.45) is 0 Å². The Hall–Kier alpha value is -2.33. The zero-order valence-electron chi connectivity index (χ0n) is 22.0. The molecule has 0 aliphatic heterocycles. The molecule has 0 unspecified atom stereocenters. The molecule has 0 bridgehead atoms. The van der Waals surface area contributed by atoms with Gasteiger partial charge in [0.2, 0.25) is 0 Å². The van der Waals surface area contributed by atoms with E-state index in [1.165, 1.54) is 18.2 Å². The molecule has 0 radical (unpaired) electrons. The predicted octanol–water partition coefficient (Wildman–Crippen LogP) is 7.60. The van der Waals surface area contributed by atoms with Gasteiger partial charge in [-0.3, -0.25) is 0 Å². The molecule has 174 valence electrons. The molecule has 0 saturated carbocycles. The van der Waals surface area contributed by atoms with Crippen molar-refractivity contribution in [3.8, 4) is 0 Å². The van der Waals surface area contributed by atoms with Crippen molar-refractivity contribution in [3.63, 3.8) is 0 Å². The molecule has 0 aliphatic rings. The van der Waals surface area contributed by atoms with Gasteiger partial charge in [0.1, 0.15) is 11.3 Å². The monoisotopic (exact) mass is 452 g/mol. The van der Waals surface area contributed by atoms with Gasteiger partial charge in [0.15, 0.2) is 0 Å². The van der Waals surface area contributed by atoms with Crippen LogP contribution in [0.1, 0.15) is 65.3 Å². The van der Waals surface area contributed by atoms with Crippen LogP contribution in [0.4, 0.5) is 0 Å². The van der Waals surface area contributed by atoms with Crippen LogP contribution in [-0.2, 0) is 14.0 Å². The molecule has 0 aliphatic carbocycles.